The van der Waals surface area contributed by atoms with Crippen LogP contribution >= 0.6 is 0 Å². The molecule has 0 aliphatic carbocycles. The third-order valence-corrected chi connectivity index (χ3v) is 3.07. The Kier molecular flexibility index (Phi) is 4.71. The van der Waals surface area contributed by atoms with Gasteiger partial charge in [-0.25, -0.2) is 4.79 Å². The van der Waals surface area contributed by atoms with E-state index in [1.807, 2.05) is 24.3 Å². The van der Waals surface area contributed by atoms with E-state index in [9.17, 15) is 9.59 Å². The number of aromatic carboxylic acids is 1. The number of carboxylic acid groups (broad SMARTS) is 1. The molecule has 0 saturated carbocycles. The summed E-state index contributed by atoms with van der Waals surface area (Å²) in [7, 11) is 0. The van der Waals surface area contributed by atoms with Gasteiger partial charge in [0.15, 0.2) is 5.69 Å². The summed E-state index contributed by atoms with van der Waals surface area (Å²) in [5, 5.41) is 15.4. The number of rotatable bonds is 6. The number of hydrogen-bond donors (Lipinski definition) is 2. The Morgan fingerprint density at radius 3 is 2.52 bits per heavy atom. The smallest absolute Gasteiger partial charge is 0.356 e. The first kappa shape index (κ1) is 14.8. The summed E-state index contributed by atoms with van der Waals surface area (Å²) in [6.45, 7) is 2.41. The molecule has 0 unspecified atom stereocenters. The molecular formula is C15H17N3O3. The fraction of sp³-hybridized carbons (Fsp3) is 0.267. The summed E-state index contributed by atoms with van der Waals surface area (Å²) >= 11 is 0. The van der Waals surface area contributed by atoms with Crippen molar-refractivity contribution < 1.29 is 14.7 Å². The Bertz CT molecular complexity index is 632. The van der Waals surface area contributed by atoms with Crippen LogP contribution in [0, 0.1) is 0 Å². The molecule has 21 heavy (non-hydrogen) atoms. The van der Waals surface area contributed by atoms with Gasteiger partial charge in [-0.05, 0) is 30.2 Å². The molecule has 1 aromatic heterocycles. The highest BCUT2D eigenvalue weighted by Crippen LogP contribution is 2.10. The van der Waals surface area contributed by atoms with E-state index in [2.05, 4.69) is 17.3 Å². The highest BCUT2D eigenvalue weighted by atomic mass is 16.4. The summed E-state index contributed by atoms with van der Waals surface area (Å²) < 4.78 is 1.45. The maximum absolute atomic E-state index is 11.8. The Labute approximate surface area is 122 Å². The van der Waals surface area contributed by atoms with Gasteiger partial charge in [0, 0.05) is 24.8 Å². The predicted molar refractivity (Wildman–Crippen MR) is 78.3 cm³/mol. The molecule has 0 saturated heterocycles. The number of amides is 1. The molecule has 0 spiro atoms. The SMILES string of the molecule is CCc1ccc(NC(=O)CCn2ccc(C(=O)O)n2)cc1. The summed E-state index contributed by atoms with van der Waals surface area (Å²) in [5.41, 5.74) is 1.94. The van der Waals surface area contributed by atoms with Crippen molar-refractivity contribution in [1.82, 2.24) is 9.78 Å². The molecule has 0 fully saturated rings. The fourth-order valence-electron chi connectivity index (χ4n) is 1.86. The van der Waals surface area contributed by atoms with Crippen molar-refractivity contribution in [3.05, 3.63) is 47.8 Å². The quantitative estimate of drug-likeness (QED) is 0.852. The van der Waals surface area contributed by atoms with Crippen LogP contribution in [0.15, 0.2) is 36.5 Å². The van der Waals surface area contributed by atoms with Crippen molar-refractivity contribution in [3.63, 3.8) is 0 Å². The van der Waals surface area contributed by atoms with Crippen molar-refractivity contribution in [3.8, 4) is 0 Å². The van der Waals surface area contributed by atoms with E-state index in [1.54, 1.807) is 6.20 Å². The van der Waals surface area contributed by atoms with Crippen LogP contribution in [-0.4, -0.2) is 26.8 Å². The van der Waals surface area contributed by atoms with Crippen LogP contribution in [0.5, 0.6) is 0 Å². The highest BCUT2D eigenvalue weighted by Gasteiger charge is 2.08. The number of anilines is 1. The number of aromatic nitrogens is 2. The van der Waals surface area contributed by atoms with Crippen molar-refractivity contribution in [2.24, 2.45) is 0 Å². The standard InChI is InChI=1S/C15H17N3O3/c1-2-11-3-5-12(6-4-11)16-14(19)8-10-18-9-7-13(17-18)15(20)21/h3-7,9H,2,8,10H2,1H3,(H,16,19)(H,20,21). The van der Waals surface area contributed by atoms with E-state index in [4.69, 9.17) is 5.11 Å². The van der Waals surface area contributed by atoms with Crippen molar-refractivity contribution in [2.75, 3.05) is 5.32 Å². The minimum atomic E-state index is -1.07. The van der Waals surface area contributed by atoms with Gasteiger partial charge in [0.05, 0.1) is 0 Å². The topological polar surface area (TPSA) is 84.2 Å². The van der Waals surface area contributed by atoms with Crippen LogP contribution in [-0.2, 0) is 17.8 Å². The molecule has 1 heterocycles. The van der Waals surface area contributed by atoms with Gasteiger partial charge in [-0.3, -0.25) is 9.48 Å². The minimum absolute atomic E-state index is 0.0226. The number of carbonyl (C=O) groups is 2. The minimum Gasteiger partial charge on any atom is -0.476 e. The molecule has 0 aliphatic rings. The molecule has 2 N–H and O–H groups in total. The summed E-state index contributed by atoms with van der Waals surface area (Å²) in [6.07, 6.45) is 2.74. The van der Waals surface area contributed by atoms with Crippen LogP contribution in [0.3, 0.4) is 0 Å². The number of aryl methyl sites for hydroxylation is 2. The average molecular weight is 287 g/mol. The van der Waals surface area contributed by atoms with Crippen molar-refractivity contribution >= 4 is 17.6 Å². The molecule has 1 amide bonds. The van der Waals surface area contributed by atoms with Gasteiger partial charge in [-0.1, -0.05) is 19.1 Å². The van der Waals surface area contributed by atoms with Gasteiger partial charge in [0.2, 0.25) is 5.91 Å². The highest BCUT2D eigenvalue weighted by molar-refractivity contribution is 5.90. The van der Waals surface area contributed by atoms with Gasteiger partial charge in [0.1, 0.15) is 0 Å². The van der Waals surface area contributed by atoms with Crippen LogP contribution in [0.2, 0.25) is 0 Å². The lowest BCUT2D eigenvalue weighted by atomic mass is 10.1. The Morgan fingerprint density at radius 1 is 1.24 bits per heavy atom. The van der Waals surface area contributed by atoms with E-state index >= 15 is 0 Å². The molecule has 6 nitrogen and oxygen atoms in total. The molecule has 2 aromatic rings. The van der Waals surface area contributed by atoms with Gasteiger partial charge < -0.3 is 10.4 Å². The fourth-order valence-corrected chi connectivity index (χ4v) is 1.86. The number of carbonyl (C=O) groups excluding carboxylic acids is 1. The zero-order chi connectivity index (χ0) is 15.2. The van der Waals surface area contributed by atoms with Crippen LogP contribution in [0.25, 0.3) is 0 Å². The van der Waals surface area contributed by atoms with Crippen molar-refractivity contribution in [2.45, 2.75) is 26.3 Å². The van der Waals surface area contributed by atoms with Gasteiger partial charge in [0.25, 0.3) is 0 Å². The molecule has 0 bridgehead atoms. The number of nitrogens with zero attached hydrogens (tertiary/aromatic N) is 2. The Hall–Kier alpha value is -2.63. The largest absolute Gasteiger partial charge is 0.476 e. The van der Waals surface area contributed by atoms with E-state index < -0.39 is 5.97 Å². The van der Waals surface area contributed by atoms with Crippen LogP contribution < -0.4 is 5.32 Å². The van der Waals surface area contributed by atoms with Gasteiger partial charge >= 0.3 is 5.97 Å². The predicted octanol–water partition coefficient (Wildman–Crippen LogP) is 2.17. The van der Waals surface area contributed by atoms with Crippen LogP contribution in [0.4, 0.5) is 5.69 Å². The zero-order valence-electron chi connectivity index (χ0n) is 11.7. The van der Waals surface area contributed by atoms with Gasteiger partial charge in [-0.15, -0.1) is 0 Å². The first-order chi connectivity index (χ1) is 10.1. The lowest BCUT2D eigenvalue weighted by Crippen LogP contribution is -2.15. The van der Waals surface area contributed by atoms with Crippen LogP contribution in [0.1, 0.15) is 29.4 Å². The molecule has 0 aliphatic heterocycles. The zero-order valence-corrected chi connectivity index (χ0v) is 11.7. The number of nitrogens with one attached hydrogen (secondary N) is 1. The second-order valence-corrected chi connectivity index (χ2v) is 4.62. The summed E-state index contributed by atoms with van der Waals surface area (Å²) in [4.78, 5) is 22.5. The summed E-state index contributed by atoms with van der Waals surface area (Å²) in [5.74, 6) is -1.21. The van der Waals surface area contributed by atoms with E-state index in [0.29, 0.717) is 6.54 Å². The third kappa shape index (κ3) is 4.17. The first-order valence-electron chi connectivity index (χ1n) is 6.74. The number of carboxylic acids is 1. The number of benzene rings is 1. The first-order valence-corrected chi connectivity index (χ1v) is 6.74. The lowest BCUT2D eigenvalue weighted by molar-refractivity contribution is -0.116. The van der Waals surface area contributed by atoms with E-state index in [-0.39, 0.29) is 18.0 Å². The molecule has 0 atom stereocenters. The van der Waals surface area contributed by atoms with E-state index in [1.165, 1.54) is 16.3 Å². The Balaban J connectivity index is 1.84. The maximum atomic E-state index is 11.8. The molecular weight excluding hydrogens is 270 g/mol. The Morgan fingerprint density at radius 2 is 1.95 bits per heavy atom. The lowest BCUT2D eigenvalue weighted by Gasteiger charge is -2.06. The molecule has 1 aromatic carbocycles. The molecule has 0 radical (unpaired) electrons. The molecule has 2 rings (SSSR count). The van der Waals surface area contributed by atoms with Gasteiger partial charge in [-0.2, -0.15) is 5.10 Å². The monoisotopic (exact) mass is 287 g/mol. The second-order valence-electron chi connectivity index (χ2n) is 4.62. The van der Waals surface area contributed by atoms with E-state index in [0.717, 1.165) is 12.1 Å². The maximum Gasteiger partial charge on any atom is 0.356 e. The third-order valence-electron chi connectivity index (χ3n) is 3.07. The number of hydrogen-bond acceptors (Lipinski definition) is 3. The van der Waals surface area contributed by atoms with Crippen molar-refractivity contribution in [1.29, 1.82) is 0 Å². The molecule has 6 heteroatoms. The normalized spacial score (nSPS) is 10.3. The summed E-state index contributed by atoms with van der Waals surface area (Å²) in [6, 6.07) is 9.09. The second kappa shape index (κ2) is 6.69. The molecule has 110 valence electrons. The average Bonchev–Trinajstić information content (AvgIpc) is 2.95.